The van der Waals surface area contributed by atoms with Gasteiger partial charge >= 0.3 is 0 Å². The standard InChI is InChI=1S/C14H19BrFN/c1-10-5-6-11(16)12(13(10)15)14(9-17)7-3-2-4-8-14/h5-6H,2-4,7-9,17H2,1H3. The molecular formula is C14H19BrFN. The van der Waals surface area contributed by atoms with Crippen LogP contribution >= 0.6 is 15.9 Å². The van der Waals surface area contributed by atoms with Gasteiger partial charge in [-0.05, 0) is 31.4 Å². The van der Waals surface area contributed by atoms with Crippen molar-refractivity contribution in [1.82, 2.24) is 0 Å². The Bertz CT molecular complexity index is 411. The van der Waals surface area contributed by atoms with Gasteiger partial charge < -0.3 is 5.73 Å². The average Bonchev–Trinajstić information content (AvgIpc) is 2.35. The molecule has 17 heavy (non-hydrogen) atoms. The fourth-order valence-corrected chi connectivity index (χ4v) is 3.67. The summed E-state index contributed by atoms with van der Waals surface area (Å²) in [6.07, 6.45) is 5.55. The Morgan fingerprint density at radius 2 is 1.94 bits per heavy atom. The van der Waals surface area contributed by atoms with Crippen LogP contribution in [0.3, 0.4) is 0 Å². The first-order chi connectivity index (χ1) is 8.10. The lowest BCUT2D eigenvalue weighted by Gasteiger charge is -2.38. The van der Waals surface area contributed by atoms with Gasteiger partial charge in [-0.25, -0.2) is 4.39 Å². The molecule has 0 aromatic heterocycles. The Morgan fingerprint density at radius 1 is 1.29 bits per heavy atom. The fourth-order valence-electron chi connectivity index (χ4n) is 2.93. The van der Waals surface area contributed by atoms with Crippen LogP contribution in [0.5, 0.6) is 0 Å². The van der Waals surface area contributed by atoms with Gasteiger partial charge in [0, 0.05) is 22.0 Å². The summed E-state index contributed by atoms with van der Waals surface area (Å²) in [5, 5.41) is 0. The van der Waals surface area contributed by atoms with Crippen molar-refractivity contribution in [3.8, 4) is 0 Å². The lowest BCUT2D eigenvalue weighted by atomic mass is 9.69. The van der Waals surface area contributed by atoms with E-state index in [2.05, 4.69) is 15.9 Å². The Kier molecular flexibility index (Phi) is 3.88. The lowest BCUT2D eigenvalue weighted by Crippen LogP contribution is -2.38. The predicted molar refractivity (Wildman–Crippen MR) is 72.7 cm³/mol. The van der Waals surface area contributed by atoms with Crippen molar-refractivity contribution in [3.63, 3.8) is 0 Å². The van der Waals surface area contributed by atoms with Crippen LogP contribution in [0, 0.1) is 12.7 Å². The molecule has 1 aromatic rings. The third kappa shape index (κ3) is 2.27. The number of hydrogen-bond donors (Lipinski definition) is 1. The Balaban J connectivity index is 2.53. The van der Waals surface area contributed by atoms with E-state index in [0.29, 0.717) is 6.54 Å². The lowest BCUT2D eigenvalue weighted by molar-refractivity contribution is 0.290. The molecular weight excluding hydrogens is 281 g/mol. The quantitative estimate of drug-likeness (QED) is 0.876. The van der Waals surface area contributed by atoms with Crippen LogP contribution in [0.4, 0.5) is 4.39 Å². The first kappa shape index (κ1) is 13.0. The van der Waals surface area contributed by atoms with E-state index in [1.54, 1.807) is 6.07 Å². The number of aryl methyl sites for hydroxylation is 1. The zero-order valence-electron chi connectivity index (χ0n) is 10.2. The van der Waals surface area contributed by atoms with Crippen LogP contribution in [0.25, 0.3) is 0 Å². The summed E-state index contributed by atoms with van der Waals surface area (Å²) in [7, 11) is 0. The maximum Gasteiger partial charge on any atom is 0.128 e. The highest BCUT2D eigenvalue weighted by atomic mass is 79.9. The van der Waals surface area contributed by atoms with Crippen LogP contribution in [-0.2, 0) is 5.41 Å². The molecule has 1 nitrogen and oxygen atoms in total. The maximum absolute atomic E-state index is 14.2. The van der Waals surface area contributed by atoms with Gasteiger partial charge in [0.25, 0.3) is 0 Å². The first-order valence-corrected chi connectivity index (χ1v) is 7.05. The van der Waals surface area contributed by atoms with Gasteiger partial charge in [0.2, 0.25) is 0 Å². The normalized spacial score (nSPS) is 19.3. The zero-order chi connectivity index (χ0) is 12.5. The molecule has 0 radical (unpaired) electrons. The Labute approximate surface area is 111 Å². The molecule has 0 unspecified atom stereocenters. The number of benzene rings is 1. The van der Waals surface area contributed by atoms with E-state index >= 15 is 0 Å². The van der Waals surface area contributed by atoms with Gasteiger partial charge in [-0.15, -0.1) is 0 Å². The van der Waals surface area contributed by atoms with Crippen molar-refractivity contribution in [1.29, 1.82) is 0 Å². The molecule has 0 spiro atoms. The van der Waals surface area contributed by atoms with Gasteiger partial charge in [-0.3, -0.25) is 0 Å². The summed E-state index contributed by atoms with van der Waals surface area (Å²) < 4.78 is 15.1. The fraction of sp³-hybridized carbons (Fsp3) is 0.571. The number of rotatable bonds is 2. The van der Waals surface area contributed by atoms with Crippen molar-refractivity contribution < 1.29 is 4.39 Å². The van der Waals surface area contributed by atoms with Crippen LogP contribution < -0.4 is 5.73 Å². The van der Waals surface area contributed by atoms with Gasteiger partial charge in [0.1, 0.15) is 5.82 Å². The van der Waals surface area contributed by atoms with E-state index in [0.717, 1.165) is 41.3 Å². The highest BCUT2D eigenvalue weighted by Gasteiger charge is 2.36. The monoisotopic (exact) mass is 299 g/mol. The molecule has 3 heteroatoms. The van der Waals surface area contributed by atoms with E-state index in [1.807, 2.05) is 13.0 Å². The molecule has 1 fully saturated rings. The van der Waals surface area contributed by atoms with Crippen LogP contribution in [0.2, 0.25) is 0 Å². The average molecular weight is 300 g/mol. The molecule has 0 heterocycles. The minimum absolute atomic E-state index is 0.116. The molecule has 1 aliphatic carbocycles. The summed E-state index contributed by atoms with van der Waals surface area (Å²) in [6, 6.07) is 3.39. The highest BCUT2D eigenvalue weighted by Crippen LogP contribution is 2.43. The summed E-state index contributed by atoms with van der Waals surface area (Å²) in [4.78, 5) is 0. The van der Waals surface area contributed by atoms with Crippen molar-refractivity contribution >= 4 is 15.9 Å². The van der Waals surface area contributed by atoms with Crippen molar-refractivity contribution in [3.05, 3.63) is 33.5 Å². The summed E-state index contributed by atoms with van der Waals surface area (Å²) in [5.74, 6) is -0.116. The number of hydrogen-bond acceptors (Lipinski definition) is 1. The second-order valence-corrected chi connectivity index (χ2v) is 5.89. The summed E-state index contributed by atoms with van der Waals surface area (Å²) in [5.41, 5.74) is 7.70. The Hall–Kier alpha value is -0.410. The van der Waals surface area contributed by atoms with Gasteiger partial charge in [0.15, 0.2) is 0 Å². The number of nitrogens with two attached hydrogens (primary N) is 1. The first-order valence-electron chi connectivity index (χ1n) is 6.26. The molecule has 1 saturated carbocycles. The molecule has 0 saturated heterocycles. The third-order valence-electron chi connectivity index (χ3n) is 4.02. The smallest absolute Gasteiger partial charge is 0.128 e. The van der Waals surface area contributed by atoms with E-state index in [9.17, 15) is 4.39 Å². The summed E-state index contributed by atoms with van der Waals surface area (Å²) in [6.45, 7) is 2.53. The van der Waals surface area contributed by atoms with Crippen LogP contribution in [-0.4, -0.2) is 6.54 Å². The maximum atomic E-state index is 14.2. The van der Waals surface area contributed by atoms with Crippen LogP contribution in [0.15, 0.2) is 16.6 Å². The second kappa shape index (κ2) is 5.07. The molecule has 1 aromatic carbocycles. The van der Waals surface area contributed by atoms with Crippen molar-refractivity contribution in [2.75, 3.05) is 6.54 Å². The van der Waals surface area contributed by atoms with E-state index < -0.39 is 0 Å². The topological polar surface area (TPSA) is 26.0 Å². The minimum Gasteiger partial charge on any atom is -0.330 e. The molecule has 2 N–H and O–H groups in total. The van der Waals surface area contributed by atoms with Gasteiger partial charge in [-0.1, -0.05) is 41.3 Å². The van der Waals surface area contributed by atoms with E-state index in [-0.39, 0.29) is 11.2 Å². The number of halogens is 2. The SMILES string of the molecule is Cc1ccc(F)c(C2(CN)CCCCC2)c1Br. The molecule has 94 valence electrons. The third-order valence-corrected chi connectivity index (χ3v) is 5.04. The largest absolute Gasteiger partial charge is 0.330 e. The van der Waals surface area contributed by atoms with Gasteiger partial charge in [-0.2, -0.15) is 0 Å². The molecule has 1 aliphatic rings. The molecule has 0 atom stereocenters. The van der Waals surface area contributed by atoms with E-state index in [1.165, 1.54) is 6.42 Å². The Morgan fingerprint density at radius 3 is 2.53 bits per heavy atom. The van der Waals surface area contributed by atoms with Crippen molar-refractivity contribution in [2.45, 2.75) is 44.4 Å². The predicted octanol–water partition coefficient (Wildman–Crippen LogP) is 4.06. The highest BCUT2D eigenvalue weighted by molar-refractivity contribution is 9.10. The molecule has 0 aliphatic heterocycles. The van der Waals surface area contributed by atoms with Gasteiger partial charge in [0.05, 0.1) is 0 Å². The van der Waals surface area contributed by atoms with E-state index in [4.69, 9.17) is 5.73 Å². The zero-order valence-corrected chi connectivity index (χ0v) is 11.8. The second-order valence-electron chi connectivity index (χ2n) is 5.10. The molecule has 2 rings (SSSR count). The van der Waals surface area contributed by atoms with Crippen molar-refractivity contribution in [2.24, 2.45) is 5.73 Å². The summed E-state index contributed by atoms with van der Waals surface area (Å²) >= 11 is 3.55. The molecule has 0 bridgehead atoms. The van der Waals surface area contributed by atoms with Crippen LogP contribution in [0.1, 0.15) is 43.2 Å². The minimum atomic E-state index is -0.160. The molecule has 0 amide bonds.